The number of nitrogens with two attached hydrogens (primary N) is 1. The predicted octanol–water partition coefficient (Wildman–Crippen LogP) is 2.76. The van der Waals surface area contributed by atoms with E-state index in [0.29, 0.717) is 23.3 Å². The third kappa shape index (κ3) is 3.88. The minimum atomic E-state index is -0.0256. The van der Waals surface area contributed by atoms with Gasteiger partial charge in [0.15, 0.2) is 0 Å². The van der Waals surface area contributed by atoms with E-state index in [-0.39, 0.29) is 5.91 Å². The Morgan fingerprint density at radius 1 is 1.47 bits per heavy atom. The van der Waals surface area contributed by atoms with E-state index in [0.717, 1.165) is 31.4 Å². The molecule has 1 fully saturated rings. The number of anilines is 2. The lowest BCUT2D eigenvalue weighted by atomic mass is 10.1. The van der Waals surface area contributed by atoms with Crippen molar-refractivity contribution < 1.29 is 4.79 Å². The van der Waals surface area contributed by atoms with Gasteiger partial charge < -0.3 is 16.4 Å². The largest absolute Gasteiger partial charge is 0.397 e. The van der Waals surface area contributed by atoms with Crippen molar-refractivity contribution in [3.8, 4) is 0 Å². The molecule has 0 bridgehead atoms. The molecule has 1 aromatic carbocycles. The first-order valence-corrected chi connectivity index (χ1v) is 7.07. The average molecular weight is 261 g/mol. The summed E-state index contributed by atoms with van der Waals surface area (Å²) < 4.78 is 0. The second-order valence-corrected chi connectivity index (χ2v) is 5.38. The standard InChI is InChI=1S/C15H23N3O/c1-3-4-10(2)17-14-8-5-11(9-13(14)16)15(19)18-12-6-7-12/h5,8-10,12,17H,3-4,6-7,16H2,1-2H3,(H,18,19)/t10-/m0/s1. The van der Waals surface area contributed by atoms with E-state index < -0.39 is 0 Å². The molecule has 0 aliphatic heterocycles. The Morgan fingerprint density at radius 2 is 2.21 bits per heavy atom. The van der Waals surface area contributed by atoms with Crippen LogP contribution in [-0.2, 0) is 0 Å². The maximum atomic E-state index is 11.9. The van der Waals surface area contributed by atoms with Crippen LogP contribution in [0.25, 0.3) is 0 Å². The molecule has 1 amide bonds. The molecule has 0 saturated heterocycles. The van der Waals surface area contributed by atoms with Crippen LogP contribution in [-0.4, -0.2) is 18.0 Å². The number of hydrogen-bond acceptors (Lipinski definition) is 3. The molecule has 0 aromatic heterocycles. The van der Waals surface area contributed by atoms with Crippen molar-refractivity contribution in [3.63, 3.8) is 0 Å². The van der Waals surface area contributed by atoms with Crippen molar-refractivity contribution in [2.75, 3.05) is 11.1 Å². The van der Waals surface area contributed by atoms with Crippen LogP contribution in [0.2, 0.25) is 0 Å². The highest BCUT2D eigenvalue weighted by Gasteiger charge is 2.23. The maximum Gasteiger partial charge on any atom is 0.251 e. The molecule has 1 aromatic rings. The Kier molecular flexibility index (Phi) is 4.30. The van der Waals surface area contributed by atoms with Gasteiger partial charge in [-0.05, 0) is 44.4 Å². The van der Waals surface area contributed by atoms with Crippen molar-refractivity contribution in [2.24, 2.45) is 0 Å². The van der Waals surface area contributed by atoms with Gasteiger partial charge in [-0.1, -0.05) is 13.3 Å². The summed E-state index contributed by atoms with van der Waals surface area (Å²) in [6.45, 7) is 4.30. The van der Waals surface area contributed by atoms with Crippen molar-refractivity contribution in [1.82, 2.24) is 5.32 Å². The minimum Gasteiger partial charge on any atom is -0.397 e. The highest BCUT2D eigenvalue weighted by molar-refractivity contribution is 5.96. The lowest BCUT2D eigenvalue weighted by molar-refractivity contribution is 0.0951. The third-order valence-electron chi connectivity index (χ3n) is 3.35. The second-order valence-electron chi connectivity index (χ2n) is 5.38. The molecule has 0 unspecified atom stereocenters. The number of carbonyl (C=O) groups is 1. The van der Waals surface area contributed by atoms with Crippen LogP contribution >= 0.6 is 0 Å². The van der Waals surface area contributed by atoms with Gasteiger partial charge in [-0.15, -0.1) is 0 Å². The van der Waals surface area contributed by atoms with Gasteiger partial charge in [0, 0.05) is 17.6 Å². The molecule has 1 aliphatic rings. The van der Waals surface area contributed by atoms with Gasteiger partial charge in [0.1, 0.15) is 0 Å². The molecule has 0 spiro atoms. The molecular formula is C15H23N3O. The van der Waals surface area contributed by atoms with Crippen LogP contribution in [0, 0.1) is 0 Å². The first-order chi connectivity index (χ1) is 9.10. The van der Waals surface area contributed by atoms with Crippen molar-refractivity contribution in [3.05, 3.63) is 23.8 Å². The summed E-state index contributed by atoms with van der Waals surface area (Å²) in [6, 6.07) is 6.23. The van der Waals surface area contributed by atoms with Crippen LogP contribution in [0.1, 0.15) is 49.9 Å². The summed E-state index contributed by atoms with van der Waals surface area (Å²) >= 11 is 0. The topological polar surface area (TPSA) is 67.2 Å². The summed E-state index contributed by atoms with van der Waals surface area (Å²) in [5, 5.41) is 6.34. The molecule has 1 atom stereocenters. The van der Waals surface area contributed by atoms with Gasteiger partial charge in [-0.3, -0.25) is 4.79 Å². The number of amides is 1. The van der Waals surface area contributed by atoms with E-state index in [4.69, 9.17) is 5.73 Å². The fourth-order valence-corrected chi connectivity index (χ4v) is 2.10. The quantitative estimate of drug-likeness (QED) is 0.690. The highest BCUT2D eigenvalue weighted by atomic mass is 16.1. The van der Waals surface area contributed by atoms with Crippen molar-refractivity contribution in [1.29, 1.82) is 0 Å². The van der Waals surface area contributed by atoms with Crippen LogP contribution < -0.4 is 16.4 Å². The van der Waals surface area contributed by atoms with E-state index in [2.05, 4.69) is 24.5 Å². The molecule has 1 aliphatic carbocycles. The molecule has 4 N–H and O–H groups in total. The predicted molar refractivity (Wildman–Crippen MR) is 79.3 cm³/mol. The van der Waals surface area contributed by atoms with Gasteiger partial charge >= 0.3 is 0 Å². The third-order valence-corrected chi connectivity index (χ3v) is 3.35. The molecule has 19 heavy (non-hydrogen) atoms. The van der Waals surface area contributed by atoms with Crippen LogP contribution in [0.4, 0.5) is 11.4 Å². The molecular weight excluding hydrogens is 238 g/mol. The lowest BCUT2D eigenvalue weighted by Crippen LogP contribution is -2.25. The highest BCUT2D eigenvalue weighted by Crippen LogP contribution is 2.23. The van der Waals surface area contributed by atoms with Crippen molar-refractivity contribution in [2.45, 2.75) is 51.6 Å². The smallest absolute Gasteiger partial charge is 0.251 e. The number of nitrogen functional groups attached to an aromatic ring is 1. The number of hydrogen-bond donors (Lipinski definition) is 3. The molecule has 104 valence electrons. The second kappa shape index (κ2) is 5.95. The normalized spacial score (nSPS) is 15.9. The van der Waals surface area contributed by atoms with E-state index in [9.17, 15) is 4.79 Å². The number of benzene rings is 1. The van der Waals surface area contributed by atoms with Gasteiger partial charge in [-0.2, -0.15) is 0 Å². The Bertz CT molecular complexity index is 455. The zero-order valence-corrected chi connectivity index (χ0v) is 11.7. The van der Waals surface area contributed by atoms with E-state index in [1.54, 1.807) is 6.07 Å². The van der Waals surface area contributed by atoms with E-state index in [1.807, 2.05) is 12.1 Å². The summed E-state index contributed by atoms with van der Waals surface area (Å²) in [4.78, 5) is 11.9. The van der Waals surface area contributed by atoms with Crippen LogP contribution in [0.3, 0.4) is 0 Å². The van der Waals surface area contributed by atoms with Gasteiger partial charge in [0.25, 0.3) is 5.91 Å². The van der Waals surface area contributed by atoms with Gasteiger partial charge in [0.05, 0.1) is 11.4 Å². The maximum absolute atomic E-state index is 11.9. The Morgan fingerprint density at radius 3 is 2.79 bits per heavy atom. The fraction of sp³-hybridized carbons (Fsp3) is 0.533. The van der Waals surface area contributed by atoms with Crippen LogP contribution in [0.5, 0.6) is 0 Å². The van der Waals surface area contributed by atoms with Crippen molar-refractivity contribution >= 4 is 17.3 Å². The minimum absolute atomic E-state index is 0.0256. The number of rotatable bonds is 6. The molecule has 2 rings (SSSR count). The first-order valence-electron chi connectivity index (χ1n) is 7.07. The number of carbonyl (C=O) groups excluding carboxylic acids is 1. The average Bonchev–Trinajstić information content (AvgIpc) is 3.16. The fourth-order valence-electron chi connectivity index (χ4n) is 2.10. The summed E-state index contributed by atoms with van der Waals surface area (Å²) in [5.74, 6) is -0.0256. The van der Waals surface area contributed by atoms with Gasteiger partial charge in [-0.25, -0.2) is 0 Å². The molecule has 1 saturated carbocycles. The summed E-state index contributed by atoms with van der Waals surface area (Å²) in [7, 11) is 0. The number of nitrogens with one attached hydrogen (secondary N) is 2. The lowest BCUT2D eigenvalue weighted by Gasteiger charge is -2.16. The van der Waals surface area contributed by atoms with E-state index >= 15 is 0 Å². The molecule has 0 heterocycles. The first kappa shape index (κ1) is 13.7. The molecule has 4 nitrogen and oxygen atoms in total. The van der Waals surface area contributed by atoms with E-state index in [1.165, 1.54) is 0 Å². The Balaban J connectivity index is 2.01. The van der Waals surface area contributed by atoms with Gasteiger partial charge in [0.2, 0.25) is 0 Å². The Hall–Kier alpha value is -1.71. The molecule has 0 radical (unpaired) electrons. The zero-order valence-electron chi connectivity index (χ0n) is 11.7. The Labute approximate surface area is 114 Å². The van der Waals surface area contributed by atoms with Crippen LogP contribution in [0.15, 0.2) is 18.2 Å². The SMILES string of the molecule is CCC[C@H](C)Nc1ccc(C(=O)NC2CC2)cc1N. The molecule has 4 heteroatoms. The zero-order chi connectivity index (χ0) is 13.8. The summed E-state index contributed by atoms with van der Waals surface area (Å²) in [5.41, 5.74) is 8.18. The monoisotopic (exact) mass is 261 g/mol. The summed E-state index contributed by atoms with van der Waals surface area (Å²) in [6.07, 6.45) is 4.42.